The fourth-order valence-corrected chi connectivity index (χ4v) is 4.25. The maximum atomic E-state index is 6.31. The van der Waals surface area contributed by atoms with Crippen LogP contribution in [0.5, 0.6) is 0 Å². The van der Waals surface area contributed by atoms with Crippen molar-refractivity contribution in [3.8, 4) is 0 Å². The Balaban J connectivity index is 1.60. The van der Waals surface area contributed by atoms with Crippen molar-refractivity contribution in [2.75, 3.05) is 5.32 Å². The number of aryl methyl sites for hydroxylation is 1. The van der Waals surface area contributed by atoms with Crippen molar-refractivity contribution in [3.63, 3.8) is 0 Å². The van der Waals surface area contributed by atoms with Gasteiger partial charge in [-0.05, 0) is 68.6 Å². The van der Waals surface area contributed by atoms with Gasteiger partial charge in [0.15, 0.2) is 0 Å². The van der Waals surface area contributed by atoms with Gasteiger partial charge in [-0.2, -0.15) is 0 Å². The Kier molecular flexibility index (Phi) is 3.75. The number of anilines is 1. The van der Waals surface area contributed by atoms with Gasteiger partial charge in [0.25, 0.3) is 0 Å². The lowest BCUT2D eigenvalue weighted by Crippen LogP contribution is -2.31. The second-order valence-electron chi connectivity index (χ2n) is 6.61. The van der Waals surface area contributed by atoms with E-state index in [0.29, 0.717) is 6.04 Å². The van der Waals surface area contributed by atoms with Crippen LogP contribution >= 0.6 is 11.6 Å². The van der Waals surface area contributed by atoms with E-state index < -0.39 is 0 Å². The van der Waals surface area contributed by atoms with Crippen LogP contribution in [0.4, 0.5) is 5.69 Å². The van der Waals surface area contributed by atoms with E-state index in [-0.39, 0.29) is 0 Å². The van der Waals surface area contributed by atoms with Crippen molar-refractivity contribution in [2.24, 2.45) is 5.41 Å². The van der Waals surface area contributed by atoms with Gasteiger partial charge in [-0.15, -0.1) is 0 Å². The monoisotopic (exact) mass is 277 g/mol. The van der Waals surface area contributed by atoms with Gasteiger partial charge in [0.2, 0.25) is 0 Å². The van der Waals surface area contributed by atoms with E-state index in [2.05, 4.69) is 24.4 Å². The smallest absolute Gasteiger partial charge is 0.0640 e. The van der Waals surface area contributed by atoms with E-state index in [9.17, 15) is 0 Å². The molecule has 2 fully saturated rings. The summed E-state index contributed by atoms with van der Waals surface area (Å²) in [6.45, 7) is 2.08. The van der Waals surface area contributed by atoms with Crippen molar-refractivity contribution in [2.45, 2.75) is 64.3 Å². The number of hydrogen-bond acceptors (Lipinski definition) is 1. The van der Waals surface area contributed by atoms with Crippen molar-refractivity contribution < 1.29 is 0 Å². The third-order valence-corrected chi connectivity index (χ3v) is 5.51. The van der Waals surface area contributed by atoms with Gasteiger partial charge < -0.3 is 5.32 Å². The molecule has 2 heteroatoms. The molecule has 0 aliphatic heterocycles. The predicted octanol–water partition coefficient (Wildman–Crippen LogP) is 5.56. The fraction of sp³-hybridized carbons (Fsp3) is 0.647. The number of rotatable bonds is 2. The SMILES string of the molecule is Cc1ccc(NC2CCC3(CCCC3)CC2)c(Cl)c1. The molecule has 0 saturated heterocycles. The molecule has 0 heterocycles. The minimum absolute atomic E-state index is 0.617. The molecule has 1 aromatic carbocycles. The molecule has 0 atom stereocenters. The molecule has 1 nitrogen and oxygen atoms in total. The van der Waals surface area contributed by atoms with E-state index in [1.54, 1.807) is 0 Å². The first-order chi connectivity index (χ1) is 9.17. The minimum Gasteiger partial charge on any atom is -0.381 e. The van der Waals surface area contributed by atoms with Crippen LogP contribution in [-0.2, 0) is 0 Å². The van der Waals surface area contributed by atoms with Crippen LogP contribution in [0.1, 0.15) is 56.9 Å². The van der Waals surface area contributed by atoms with Crippen molar-refractivity contribution in [3.05, 3.63) is 28.8 Å². The maximum absolute atomic E-state index is 6.31. The normalized spacial score (nSPS) is 22.8. The third kappa shape index (κ3) is 2.91. The summed E-state index contributed by atoms with van der Waals surface area (Å²) in [5, 5.41) is 4.51. The first-order valence-corrected chi connectivity index (χ1v) is 8.07. The van der Waals surface area contributed by atoms with Crippen LogP contribution < -0.4 is 5.32 Å². The van der Waals surface area contributed by atoms with Crippen LogP contribution in [-0.4, -0.2) is 6.04 Å². The Morgan fingerprint density at radius 2 is 1.79 bits per heavy atom. The molecule has 2 aliphatic carbocycles. The molecule has 0 aromatic heterocycles. The Morgan fingerprint density at radius 1 is 1.11 bits per heavy atom. The highest BCUT2D eigenvalue weighted by molar-refractivity contribution is 6.33. The Hall–Kier alpha value is -0.690. The predicted molar refractivity (Wildman–Crippen MR) is 83.0 cm³/mol. The van der Waals surface area contributed by atoms with E-state index in [4.69, 9.17) is 11.6 Å². The van der Waals surface area contributed by atoms with Crippen molar-refractivity contribution in [1.29, 1.82) is 0 Å². The van der Waals surface area contributed by atoms with Gasteiger partial charge in [0.1, 0.15) is 0 Å². The molecule has 2 aliphatic rings. The molecule has 2 saturated carbocycles. The lowest BCUT2D eigenvalue weighted by atomic mass is 9.71. The lowest BCUT2D eigenvalue weighted by molar-refractivity contribution is 0.188. The quantitative estimate of drug-likeness (QED) is 0.746. The minimum atomic E-state index is 0.617. The van der Waals surface area contributed by atoms with Gasteiger partial charge in [-0.25, -0.2) is 0 Å². The highest BCUT2D eigenvalue weighted by Gasteiger charge is 2.37. The van der Waals surface area contributed by atoms with Gasteiger partial charge >= 0.3 is 0 Å². The van der Waals surface area contributed by atoms with Crippen LogP contribution in [0.2, 0.25) is 5.02 Å². The van der Waals surface area contributed by atoms with E-state index in [0.717, 1.165) is 16.1 Å². The topological polar surface area (TPSA) is 12.0 Å². The summed E-state index contributed by atoms with van der Waals surface area (Å²) in [4.78, 5) is 0. The summed E-state index contributed by atoms with van der Waals surface area (Å²) in [6, 6.07) is 6.92. The second-order valence-corrected chi connectivity index (χ2v) is 7.02. The Labute approximate surface area is 121 Å². The zero-order chi connectivity index (χ0) is 13.3. The zero-order valence-corrected chi connectivity index (χ0v) is 12.6. The average molecular weight is 278 g/mol. The summed E-state index contributed by atoms with van der Waals surface area (Å²) in [5.41, 5.74) is 3.05. The van der Waals surface area contributed by atoms with Gasteiger partial charge in [0.05, 0.1) is 10.7 Å². The van der Waals surface area contributed by atoms with E-state index in [1.165, 1.54) is 56.9 Å². The van der Waals surface area contributed by atoms with Crippen LogP contribution in [0, 0.1) is 12.3 Å². The van der Waals surface area contributed by atoms with E-state index >= 15 is 0 Å². The summed E-state index contributed by atoms with van der Waals surface area (Å²) in [5.74, 6) is 0. The van der Waals surface area contributed by atoms with E-state index in [1.807, 2.05) is 6.07 Å². The first-order valence-electron chi connectivity index (χ1n) is 7.70. The molecule has 0 radical (unpaired) electrons. The van der Waals surface area contributed by atoms with Crippen LogP contribution in [0.3, 0.4) is 0 Å². The maximum Gasteiger partial charge on any atom is 0.0640 e. The molecule has 0 amide bonds. The number of benzene rings is 1. The summed E-state index contributed by atoms with van der Waals surface area (Å²) >= 11 is 6.31. The molecule has 1 aromatic rings. The van der Waals surface area contributed by atoms with Crippen LogP contribution in [0.25, 0.3) is 0 Å². The second kappa shape index (κ2) is 5.36. The molecule has 3 rings (SSSR count). The Morgan fingerprint density at radius 3 is 2.42 bits per heavy atom. The number of halogens is 1. The highest BCUT2D eigenvalue weighted by atomic mass is 35.5. The summed E-state index contributed by atoms with van der Waals surface area (Å²) in [6.07, 6.45) is 11.3. The molecule has 1 N–H and O–H groups in total. The van der Waals surface area contributed by atoms with Gasteiger partial charge in [-0.3, -0.25) is 0 Å². The molecule has 0 bridgehead atoms. The highest BCUT2D eigenvalue weighted by Crippen LogP contribution is 2.49. The lowest BCUT2D eigenvalue weighted by Gasteiger charge is -2.38. The van der Waals surface area contributed by atoms with Gasteiger partial charge in [0, 0.05) is 6.04 Å². The molecular weight excluding hydrogens is 254 g/mol. The zero-order valence-electron chi connectivity index (χ0n) is 11.8. The number of hydrogen-bond donors (Lipinski definition) is 1. The molecule has 19 heavy (non-hydrogen) atoms. The van der Waals surface area contributed by atoms with Gasteiger partial charge in [-0.1, -0.05) is 30.5 Å². The van der Waals surface area contributed by atoms with Crippen LogP contribution in [0.15, 0.2) is 18.2 Å². The standard InChI is InChI=1S/C17H24ClN/c1-13-4-5-16(15(18)12-13)19-14-6-10-17(11-7-14)8-2-3-9-17/h4-5,12,14,19H,2-3,6-11H2,1H3. The molecular formula is C17H24ClN. The largest absolute Gasteiger partial charge is 0.381 e. The summed E-state index contributed by atoms with van der Waals surface area (Å²) in [7, 11) is 0. The third-order valence-electron chi connectivity index (χ3n) is 5.19. The average Bonchev–Trinajstić information content (AvgIpc) is 2.84. The Bertz CT molecular complexity index is 439. The number of nitrogens with one attached hydrogen (secondary N) is 1. The fourth-order valence-electron chi connectivity index (χ4n) is 3.96. The van der Waals surface area contributed by atoms with Crippen molar-refractivity contribution >= 4 is 17.3 Å². The first kappa shape index (κ1) is 13.3. The molecule has 104 valence electrons. The molecule has 1 spiro atoms. The summed E-state index contributed by atoms with van der Waals surface area (Å²) < 4.78 is 0. The van der Waals surface area contributed by atoms with Crippen molar-refractivity contribution in [1.82, 2.24) is 0 Å². The molecule has 0 unspecified atom stereocenters.